The van der Waals surface area contributed by atoms with E-state index in [-0.39, 0.29) is 23.9 Å². The average Bonchev–Trinajstić information content (AvgIpc) is 2.64. The van der Waals surface area contributed by atoms with Gasteiger partial charge in [0.15, 0.2) is 0 Å². The zero-order valence-electron chi connectivity index (χ0n) is 18.1. The van der Waals surface area contributed by atoms with Crippen molar-refractivity contribution in [1.82, 2.24) is 5.32 Å². The fourth-order valence-electron chi connectivity index (χ4n) is 2.80. The largest absolute Gasteiger partial charge is 0.455 e. The third-order valence-electron chi connectivity index (χ3n) is 4.22. The van der Waals surface area contributed by atoms with Crippen LogP contribution in [0.3, 0.4) is 0 Å². The summed E-state index contributed by atoms with van der Waals surface area (Å²) in [5, 5.41) is 5.52. The summed E-state index contributed by atoms with van der Waals surface area (Å²) in [6.07, 6.45) is 6.38. The number of esters is 1. The van der Waals surface area contributed by atoms with Gasteiger partial charge < -0.3 is 20.1 Å². The maximum absolute atomic E-state index is 12.9. The second kappa shape index (κ2) is 10.1. The van der Waals surface area contributed by atoms with E-state index in [0.29, 0.717) is 12.1 Å². The number of carbonyl (C=O) groups is 3. The minimum absolute atomic E-state index is 0.145. The number of hydrogen-bond donors (Lipinski definition) is 2. The van der Waals surface area contributed by atoms with Crippen LogP contribution >= 0.6 is 0 Å². The highest BCUT2D eigenvalue weighted by Crippen LogP contribution is 2.20. The summed E-state index contributed by atoms with van der Waals surface area (Å²) >= 11 is 0. The summed E-state index contributed by atoms with van der Waals surface area (Å²) in [5.41, 5.74) is 0.696. The van der Waals surface area contributed by atoms with E-state index >= 15 is 0 Å². The lowest BCUT2D eigenvalue weighted by Crippen LogP contribution is -2.48. The molecule has 2 rings (SSSR count). The number of anilines is 1. The van der Waals surface area contributed by atoms with Gasteiger partial charge in [-0.3, -0.25) is 4.79 Å². The third-order valence-corrected chi connectivity index (χ3v) is 4.22. The van der Waals surface area contributed by atoms with Gasteiger partial charge in [-0.1, -0.05) is 44.2 Å². The summed E-state index contributed by atoms with van der Waals surface area (Å²) in [5.74, 6) is -0.858. The van der Waals surface area contributed by atoms with Crippen molar-refractivity contribution in [1.29, 1.82) is 0 Å². The van der Waals surface area contributed by atoms with Crippen molar-refractivity contribution in [3.8, 4) is 0 Å². The number of carbonyl (C=O) groups excluding carboxylic acids is 3. The number of amides is 2. The fraction of sp³-hybridized carbons (Fsp3) is 0.435. The van der Waals surface area contributed by atoms with Gasteiger partial charge in [-0.05, 0) is 44.4 Å². The number of hydrogen-bond acceptors (Lipinski definition) is 5. The van der Waals surface area contributed by atoms with Crippen molar-refractivity contribution in [2.24, 2.45) is 5.92 Å². The Morgan fingerprint density at radius 1 is 1.23 bits per heavy atom. The molecule has 2 amide bonds. The van der Waals surface area contributed by atoms with Crippen LogP contribution in [0.4, 0.5) is 10.5 Å². The highest BCUT2D eigenvalue weighted by Gasteiger charge is 2.27. The molecular formula is C23H30N2O5. The van der Waals surface area contributed by atoms with Crippen LogP contribution in [0.15, 0.2) is 42.5 Å². The highest BCUT2D eigenvalue weighted by atomic mass is 16.6. The predicted molar refractivity (Wildman–Crippen MR) is 116 cm³/mol. The summed E-state index contributed by atoms with van der Waals surface area (Å²) in [6, 6.07) is 6.51. The zero-order valence-corrected chi connectivity index (χ0v) is 18.1. The quantitative estimate of drug-likeness (QED) is 0.685. The Balaban J connectivity index is 2.10. The third kappa shape index (κ3) is 7.39. The van der Waals surface area contributed by atoms with Crippen molar-refractivity contribution in [2.75, 3.05) is 5.32 Å². The van der Waals surface area contributed by atoms with Gasteiger partial charge in [0.05, 0.1) is 0 Å². The Kier molecular flexibility index (Phi) is 7.80. The summed E-state index contributed by atoms with van der Waals surface area (Å²) in [4.78, 5) is 36.4. The first kappa shape index (κ1) is 23.2. The van der Waals surface area contributed by atoms with Crippen LogP contribution in [0.25, 0.3) is 6.08 Å². The van der Waals surface area contributed by atoms with Crippen molar-refractivity contribution in [3.05, 3.63) is 48.1 Å². The van der Waals surface area contributed by atoms with Crippen molar-refractivity contribution < 1.29 is 23.9 Å². The van der Waals surface area contributed by atoms with Crippen molar-refractivity contribution in [3.63, 3.8) is 0 Å². The molecule has 0 saturated carbocycles. The van der Waals surface area contributed by atoms with E-state index < -0.39 is 17.7 Å². The van der Waals surface area contributed by atoms with E-state index in [1.807, 2.05) is 32.0 Å². The molecule has 7 nitrogen and oxygen atoms in total. The van der Waals surface area contributed by atoms with Gasteiger partial charge in [0, 0.05) is 18.2 Å². The molecule has 1 aromatic rings. The molecule has 0 bridgehead atoms. The number of benzene rings is 1. The number of rotatable bonds is 6. The summed E-state index contributed by atoms with van der Waals surface area (Å²) in [7, 11) is 0. The molecule has 0 radical (unpaired) electrons. The molecule has 30 heavy (non-hydrogen) atoms. The topological polar surface area (TPSA) is 93.7 Å². The molecule has 0 aliphatic carbocycles. The fourth-order valence-corrected chi connectivity index (χ4v) is 2.80. The molecule has 1 aliphatic heterocycles. The Morgan fingerprint density at radius 3 is 2.57 bits per heavy atom. The number of para-hydroxylation sites is 1. The average molecular weight is 415 g/mol. The Hall–Kier alpha value is -3.09. The van der Waals surface area contributed by atoms with E-state index in [0.717, 1.165) is 5.56 Å². The minimum atomic E-state index is -0.763. The van der Waals surface area contributed by atoms with Gasteiger partial charge in [0.1, 0.15) is 17.7 Å². The van der Waals surface area contributed by atoms with Gasteiger partial charge in [-0.2, -0.15) is 0 Å². The first-order valence-electron chi connectivity index (χ1n) is 10.00. The molecule has 162 valence electrons. The van der Waals surface area contributed by atoms with E-state index in [1.165, 1.54) is 6.08 Å². The molecule has 0 saturated heterocycles. The van der Waals surface area contributed by atoms with Crippen molar-refractivity contribution >= 4 is 29.7 Å². The van der Waals surface area contributed by atoms with Crippen LogP contribution in [-0.2, 0) is 19.1 Å². The Bertz CT molecular complexity index is 836. The lowest BCUT2D eigenvalue weighted by atomic mass is 10.0. The molecule has 0 spiro atoms. The number of alkyl carbamates (subject to hydrolysis) is 1. The van der Waals surface area contributed by atoms with Crippen LogP contribution in [0, 0.1) is 5.92 Å². The SMILES string of the molecule is CC(C)[C@H](NC(=O)OC(C)(C)C)C(=O)Nc1ccccc1/C=C/[C@H]1CC=CC(=O)O1. The van der Waals surface area contributed by atoms with E-state index in [9.17, 15) is 14.4 Å². The Labute approximate surface area is 177 Å². The summed E-state index contributed by atoms with van der Waals surface area (Å²) in [6.45, 7) is 8.98. The molecule has 1 heterocycles. The van der Waals surface area contributed by atoms with Crippen LogP contribution in [0.2, 0.25) is 0 Å². The van der Waals surface area contributed by atoms with Crippen LogP contribution < -0.4 is 10.6 Å². The number of nitrogens with one attached hydrogen (secondary N) is 2. The van der Waals surface area contributed by atoms with E-state index in [4.69, 9.17) is 9.47 Å². The minimum Gasteiger partial charge on any atom is -0.455 e. The molecule has 0 fully saturated rings. The molecule has 2 atom stereocenters. The molecule has 7 heteroatoms. The standard InChI is InChI=1S/C23H30N2O5/c1-15(2)20(25-22(28)30-23(3,4)5)21(27)24-18-11-7-6-9-16(18)13-14-17-10-8-12-19(26)29-17/h6-9,11-15,17,20H,10H2,1-5H3,(H,24,27)(H,25,28)/b14-13+/t17-,20+/m1/s1. The molecule has 0 unspecified atom stereocenters. The smallest absolute Gasteiger partial charge is 0.408 e. The number of ether oxygens (including phenoxy) is 2. The van der Waals surface area contributed by atoms with Crippen LogP contribution in [0.5, 0.6) is 0 Å². The maximum atomic E-state index is 12.9. The molecule has 1 aromatic carbocycles. The second-order valence-corrected chi connectivity index (χ2v) is 8.42. The molecule has 1 aliphatic rings. The van der Waals surface area contributed by atoms with E-state index in [1.54, 1.807) is 45.1 Å². The van der Waals surface area contributed by atoms with Gasteiger partial charge in [-0.25, -0.2) is 9.59 Å². The predicted octanol–water partition coefficient (Wildman–Crippen LogP) is 4.06. The Morgan fingerprint density at radius 2 is 1.93 bits per heavy atom. The first-order valence-corrected chi connectivity index (χ1v) is 10.00. The second-order valence-electron chi connectivity index (χ2n) is 8.42. The zero-order chi connectivity index (χ0) is 22.3. The first-order chi connectivity index (χ1) is 14.0. The van der Waals surface area contributed by atoms with E-state index in [2.05, 4.69) is 10.6 Å². The molecular weight excluding hydrogens is 384 g/mol. The van der Waals surface area contributed by atoms with Crippen molar-refractivity contribution in [2.45, 2.75) is 58.8 Å². The number of cyclic esters (lactones) is 1. The van der Waals surface area contributed by atoms with Gasteiger partial charge in [0.25, 0.3) is 0 Å². The van der Waals surface area contributed by atoms with Crippen LogP contribution in [-0.4, -0.2) is 35.7 Å². The normalized spacial score (nSPS) is 17.5. The lowest BCUT2D eigenvalue weighted by molar-refractivity contribution is -0.141. The maximum Gasteiger partial charge on any atom is 0.408 e. The van der Waals surface area contributed by atoms with Gasteiger partial charge in [-0.15, -0.1) is 0 Å². The summed E-state index contributed by atoms with van der Waals surface area (Å²) < 4.78 is 10.5. The highest BCUT2D eigenvalue weighted by molar-refractivity contribution is 5.98. The monoisotopic (exact) mass is 414 g/mol. The van der Waals surface area contributed by atoms with Crippen LogP contribution in [0.1, 0.15) is 46.6 Å². The molecule has 2 N–H and O–H groups in total. The lowest BCUT2D eigenvalue weighted by Gasteiger charge is -2.25. The van der Waals surface area contributed by atoms with Gasteiger partial charge in [0.2, 0.25) is 5.91 Å². The molecule has 0 aromatic heterocycles. The van der Waals surface area contributed by atoms with Gasteiger partial charge >= 0.3 is 12.1 Å².